The Labute approximate surface area is 188 Å². The van der Waals surface area contributed by atoms with Crippen molar-refractivity contribution in [1.82, 2.24) is 10.2 Å². The molecule has 7 heteroatoms. The highest BCUT2D eigenvalue weighted by Gasteiger charge is 2.25. The summed E-state index contributed by atoms with van der Waals surface area (Å²) in [6.45, 7) is 9.85. The lowest BCUT2D eigenvalue weighted by atomic mass is 9.85. The van der Waals surface area contributed by atoms with Gasteiger partial charge in [-0.05, 0) is 43.4 Å². The molecular weight excluding hydrogens is 519 g/mol. The van der Waals surface area contributed by atoms with Gasteiger partial charge in [0.2, 0.25) is 5.91 Å². The Morgan fingerprint density at radius 3 is 2.81 bits per heavy atom. The van der Waals surface area contributed by atoms with Gasteiger partial charge < -0.3 is 16.0 Å². The summed E-state index contributed by atoms with van der Waals surface area (Å²) in [7, 11) is 0. The van der Waals surface area contributed by atoms with Crippen LogP contribution in [0, 0.1) is 5.92 Å². The van der Waals surface area contributed by atoms with Crippen LogP contribution in [0.2, 0.25) is 0 Å². The molecule has 1 amide bonds. The number of carbonyl (C=O) groups excluding carboxylic acids is 1. The molecule has 0 aliphatic carbocycles. The minimum absolute atomic E-state index is 0. The van der Waals surface area contributed by atoms with E-state index >= 15 is 0 Å². The molecule has 1 saturated heterocycles. The van der Waals surface area contributed by atoms with Gasteiger partial charge in [0.15, 0.2) is 5.96 Å². The van der Waals surface area contributed by atoms with E-state index in [0.717, 1.165) is 42.9 Å². The minimum atomic E-state index is -0.213. The van der Waals surface area contributed by atoms with Crippen molar-refractivity contribution in [2.75, 3.05) is 26.2 Å². The molecule has 1 aromatic rings. The number of primary amides is 1. The lowest BCUT2D eigenvalue weighted by Gasteiger charge is -2.35. The molecule has 0 aromatic heterocycles. The molecular formula is C20H32BrIN4O. The quantitative estimate of drug-likeness (QED) is 0.320. The van der Waals surface area contributed by atoms with Crippen LogP contribution < -0.4 is 11.1 Å². The number of aliphatic imine (C=N–C) groups is 1. The van der Waals surface area contributed by atoms with Gasteiger partial charge in [0.25, 0.3) is 0 Å². The van der Waals surface area contributed by atoms with Crippen molar-refractivity contribution in [1.29, 1.82) is 0 Å². The molecule has 1 atom stereocenters. The number of rotatable bonds is 6. The van der Waals surface area contributed by atoms with E-state index in [9.17, 15) is 4.79 Å². The molecule has 1 aliphatic heterocycles. The zero-order valence-electron chi connectivity index (χ0n) is 16.5. The van der Waals surface area contributed by atoms with Crippen LogP contribution in [0.15, 0.2) is 33.7 Å². The molecule has 1 fully saturated rings. The molecule has 5 nitrogen and oxygen atoms in total. The maximum absolute atomic E-state index is 11.3. The third-order valence-electron chi connectivity index (χ3n) is 4.87. The van der Waals surface area contributed by atoms with Crippen molar-refractivity contribution in [2.45, 2.75) is 45.4 Å². The Hall–Kier alpha value is -0.830. The Morgan fingerprint density at radius 1 is 1.44 bits per heavy atom. The van der Waals surface area contributed by atoms with E-state index in [0.29, 0.717) is 18.9 Å². The third kappa shape index (κ3) is 7.60. The van der Waals surface area contributed by atoms with Crippen molar-refractivity contribution in [3.8, 4) is 0 Å². The number of hydrogen-bond acceptors (Lipinski definition) is 2. The predicted octanol–water partition coefficient (Wildman–Crippen LogP) is 3.90. The van der Waals surface area contributed by atoms with Crippen molar-refractivity contribution in [3.63, 3.8) is 0 Å². The van der Waals surface area contributed by atoms with E-state index < -0.39 is 0 Å². The predicted molar refractivity (Wildman–Crippen MR) is 127 cm³/mol. The first-order valence-corrected chi connectivity index (χ1v) is 10.2. The van der Waals surface area contributed by atoms with Crippen LogP contribution in [-0.2, 0) is 10.2 Å². The highest BCUT2D eigenvalue weighted by molar-refractivity contribution is 14.0. The Morgan fingerprint density at radius 2 is 2.19 bits per heavy atom. The molecule has 1 unspecified atom stereocenters. The fourth-order valence-corrected chi connectivity index (χ4v) is 3.81. The van der Waals surface area contributed by atoms with Crippen LogP contribution >= 0.6 is 39.9 Å². The molecule has 0 bridgehead atoms. The molecule has 0 saturated carbocycles. The number of nitrogens with two attached hydrogens (primary N) is 1. The summed E-state index contributed by atoms with van der Waals surface area (Å²) in [6, 6.07) is 8.41. The molecule has 0 radical (unpaired) electrons. The highest BCUT2D eigenvalue weighted by Crippen LogP contribution is 2.26. The number of amides is 1. The first-order valence-electron chi connectivity index (χ1n) is 9.39. The summed E-state index contributed by atoms with van der Waals surface area (Å²) in [4.78, 5) is 18.5. The van der Waals surface area contributed by atoms with E-state index in [1.165, 1.54) is 5.56 Å². The largest absolute Gasteiger partial charge is 0.370 e. The number of nitrogens with one attached hydrogen (secondary N) is 1. The van der Waals surface area contributed by atoms with E-state index in [1.807, 2.05) is 6.07 Å². The van der Waals surface area contributed by atoms with Gasteiger partial charge >= 0.3 is 0 Å². The number of guanidine groups is 1. The van der Waals surface area contributed by atoms with Gasteiger partial charge in [-0.1, -0.05) is 41.9 Å². The normalized spacial score (nSPS) is 18.0. The third-order valence-corrected chi connectivity index (χ3v) is 5.37. The van der Waals surface area contributed by atoms with Crippen LogP contribution in [0.1, 0.15) is 45.6 Å². The van der Waals surface area contributed by atoms with Gasteiger partial charge in [-0.3, -0.25) is 9.79 Å². The van der Waals surface area contributed by atoms with Crippen molar-refractivity contribution < 1.29 is 4.79 Å². The van der Waals surface area contributed by atoms with Gasteiger partial charge in [0.05, 0.1) is 6.54 Å². The van der Waals surface area contributed by atoms with Gasteiger partial charge in [-0.15, -0.1) is 24.0 Å². The zero-order chi connectivity index (χ0) is 19.2. The van der Waals surface area contributed by atoms with Gasteiger partial charge in [0.1, 0.15) is 0 Å². The SMILES string of the molecule is CCNC(=NCC(C)(C)c1cccc(Br)c1)N1CCCC(CC(N)=O)C1.I. The smallest absolute Gasteiger partial charge is 0.217 e. The molecule has 152 valence electrons. The summed E-state index contributed by atoms with van der Waals surface area (Å²) in [5, 5.41) is 3.41. The average Bonchev–Trinajstić information content (AvgIpc) is 2.58. The van der Waals surface area contributed by atoms with E-state index in [4.69, 9.17) is 10.7 Å². The van der Waals surface area contributed by atoms with Crippen molar-refractivity contribution in [2.24, 2.45) is 16.6 Å². The van der Waals surface area contributed by atoms with Crippen molar-refractivity contribution in [3.05, 3.63) is 34.3 Å². The standard InChI is InChI=1S/C20H31BrN4O.HI/c1-4-23-19(25-10-6-7-15(13-25)11-18(22)26)24-14-20(2,3)16-8-5-9-17(21)12-16;/h5,8-9,12,15H,4,6-7,10-11,13-14H2,1-3H3,(H2,22,26)(H,23,24);1H. The van der Waals surface area contributed by atoms with Gasteiger partial charge in [0, 0.05) is 35.9 Å². The molecule has 27 heavy (non-hydrogen) atoms. The first kappa shape index (κ1) is 24.2. The van der Waals surface area contributed by atoms with Crippen LogP contribution in [-0.4, -0.2) is 42.9 Å². The van der Waals surface area contributed by atoms with Crippen LogP contribution in [0.25, 0.3) is 0 Å². The molecule has 3 N–H and O–H groups in total. The topological polar surface area (TPSA) is 70.7 Å². The minimum Gasteiger partial charge on any atom is -0.370 e. The maximum atomic E-state index is 11.3. The zero-order valence-corrected chi connectivity index (χ0v) is 20.4. The summed E-state index contributed by atoms with van der Waals surface area (Å²) < 4.78 is 1.09. The number of carbonyl (C=O) groups is 1. The summed E-state index contributed by atoms with van der Waals surface area (Å²) in [5.41, 5.74) is 6.59. The van der Waals surface area contributed by atoms with E-state index in [1.54, 1.807) is 0 Å². The molecule has 1 heterocycles. The lowest BCUT2D eigenvalue weighted by Crippen LogP contribution is -2.47. The van der Waals surface area contributed by atoms with E-state index in [2.05, 4.69) is 65.1 Å². The Bertz CT molecular complexity index is 651. The molecule has 2 rings (SSSR count). The van der Waals surface area contributed by atoms with Gasteiger partial charge in [-0.2, -0.15) is 0 Å². The summed E-state index contributed by atoms with van der Waals surface area (Å²) in [5.74, 6) is 1.04. The first-order chi connectivity index (χ1) is 12.3. The molecule has 0 spiro atoms. The second-order valence-electron chi connectivity index (χ2n) is 7.69. The Balaban J connectivity index is 0.00000364. The molecule has 1 aromatic carbocycles. The van der Waals surface area contributed by atoms with E-state index in [-0.39, 0.29) is 35.3 Å². The second kappa shape index (κ2) is 11.2. The maximum Gasteiger partial charge on any atom is 0.217 e. The average molecular weight is 551 g/mol. The molecule has 1 aliphatic rings. The van der Waals surface area contributed by atoms with Crippen LogP contribution in [0.3, 0.4) is 0 Å². The Kier molecular flexibility index (Phi) is 10.1. The fourth-order valence-electron chi connectivity index (χ4n) is 3.41. The highest BCUT2D eigenvalue weighted by atomic mass is 127. The van der Waals surface area contributed by atoms with Crippen molar-refractivity contribution >= 4 is 51.8 Å². The number of halogens is 2. The number of likely N-dealkylation sites (tertiary alicyclic amines) is 1. The number of piperidine rings is 1. The second-order valence-corrected chi connectivity index (χ2v) is 8.60. The number of benzene rings is 1. The van der Waals surface area contributed by atoms with Crippen LogP contribution in [0.4, 0.5) is 0 Å². The monoisotopic (exact) mass is 550 g/mol. The number of hydrogen-bond donors (Lipinski definition) is 2. The number of nitrogens with zero attached hydrogens (tertiary/aromatic N) is 2. The fraction of sp³-hybridized carbons (Fsp3) is 0.600. The summed E-state index contributed by atoms with van der Waals surface area (Å²) >= 11 is 3.55. The van der Waals surface area contributed by atoms with Gasteiger partial charge in [-0.25, -0.2) is 0 Å². The van der Waals surface area contributed by atoms with Crippen LogP contribution in [0.5, 0.6) is 0 Å². The summed E-state index contributed by atoms with van der Waals surface area (Å²) in [6.07, 6.45) is 2.58. The lowest BCUT2D eigenvalue weighted by molar-refractivity contribution is -0.119.